The lowest BCUT2D eigenvalue weighted by Gasteiger charge is -2.50. The van der Waals surface area contributed by atoms with Crippen LogP contribution in [0.4, 0.5) is 0 Å². The highest BCUT2D eigenvalue weighted by Gasteiger charge is 2.61. The van der Waals surface area contributed by atoms with Gasteiger partial charge in [-0.1, -0.05) is 32.6 Å². The van der Waals surface area contributed by atoms with Gasteiger partial charge in [0.15, 0.2) is 0 Å². The number of rotatable bonds is 5. The van der Waals surface area contributed by atoms with Crippen LogP contribution in [-0.4, -0.2) is 34.3 Å². The molecule has 3 aliphatic rings. The summed E-state index contributed by atoms with van der Waals surface area (Å²) < 4.78 is 0. The second-order valence-electron chi connectivity index (χ2n) is 7.33. The summed E-state index contributed by atoms with van der Waals surface area (Å²) in [7, 11) is 0. The Hall–Kier alpha value is -1.06. The summed E-state index contributed by atoms with van der Waals surface area (Å²) in [5.74, 6) is 0.662. The van der Waals surface area contributed by atoms with Crippen LogP contribution in [0.5, 0.6) is 0 Å². The summed E-state index contributed by atoms with van der Waals surface area (Å²) in [6, 6.07) is 0. The van der Waals surface area contributed by atoms with E-state index < -0.39 is 11.1 Å². The molecule has 1 spiro atoms. The number of nitrogens with one attached hydrogen (secondary N) is 1. The Morgan fingerprint density at radius 3 is 2.43 bits per heavy atom. The van der Waals surface area contributed by atoms with Gasteiger partial charge in [-0.2, -0.15) is 0 Å². The second-order valence-corrected chi connectivity index (χ2v) is 7.33. The van der Waals surface area contributed by atoms with Gasteiger partial charge in [0.05, 0.1) is 0 Å². The molecule has 1 atom stereocenters. The Kier molecular flexibility index (Phi) is 3.74. The minimum Gasteiger partial charge on any atom is -0.340 e. The maximum absolute atomic E-state index is 13.1. The fourth-order valence-electron chi connectivity index (χ4n) is 4.21. The smallest absolute Gasteiger partial charge is 0.249 e. The standard InChI is InChI=1S/C17H28N2O2/c1-3-4-7-12-19-15(21)17(10-5-6-11-17)18-14(20)16(19,2)13-8-9-13/h13H,3-12H2,1-2H3,(H,18,20). The van der Waals surface area contributed by atoms with Crippen LogP contribution in [-0.2, 0) is 9.59 Å². The molecule has 4 heteroatoms. The fraction of sp³-hybridized carbons (Fsp3) is 0.882. The maximum Gasteiger partial charge on any atom is 0.249 e. The number of amides is 2. The van der Waals surface area contributed by atoms with Crippen LogP contribution in [0, 0.1) is 5.92 Å². The number of carbonyl (C=O) groups excluding carboxylic acids is 2. The largest absolute Gasteiger partial charge is 0.340 e. The number of unbranched alkanes of at least 4 members (excludes halogenated alkanes) is 2. The Morgan fingerprint density at radius 1 is 1.19 bits per heavy atom. The van der Waals surface area contributed by atoms with Crippen LogP contribution in [0.1, 0.15) is 71.6 Å². The predicted octanol–water partition coefficient (Wildman–Crippen LogP) is 2.62. The van der Waals surface area contributed by atoms with Crippen molar-refractivity contribution >= 4 is 11.8 Å². The zero-order chi connectivity index (χ0) is 15.1. The van der Waals surface area contributed by atoms with Gasteiger partial charge >= 0.3 is 0 Å². The fourth-order valence-corrected chi connectivity index (χ4v) is 4.21. The Morgan fingerprint density at radius 2 is 1.86 bits per heavy atom. The van der Waals surface area contributed by atoms with Gasteiger partial charge in [0.1, 0.15) is 11.1 Å². The molecule has 3 rings (SSSR count). The molecule has 0 aromatic rings. The predicted molar refractivity (Wildman–Crippen MR) is 81.7 cm³/mol. The van der Waals surface area contributed by atoms with Crippen LogP contribution in [0.3, 0.4) is 0 Å². The van der Waals surface area contributed by atoms with Crippen LogP contribution in [0.15, 0.2) is 0 Å². The SMILES string of the molecule is CCCCCN1C(=O)C2(CCCC2)NC(=O)C1(C)C1CC1. The number of piperazine rings is 1. The highest BCUT2D eigenvalue weighted by molar-refractivity contribution is 6.02. The van der Waals surface area contributed by atoms with Crippen molar-refractivity contribution in [2.75, 3.05) is 6.54 Å². The number of carbonyl (C=O) groups is 2. The molecule has 1 N–H and O–H groups in total. The monoisotopic (exact) mass is 292 g/mol. The van der Waals surface area contributed by atoms with Gasteiger partial charge in [-0.25, -0.2) is 0 Å². The van der Waals surface area contributed by atoms with Gasteiger partial charge in [0, 0.05) is 6.54 Å². The summed E-state index contributed by atoms with van der Waals surface area (Å²) in [5, 5.41) is 3.14. The molecule has 0 aromatic carbocycles. The first kappa shape index (κ1) is 14.9. The number of hydrogen-bond acceptors (Lipinski definition) is 2. The third-order valence-electron chi connectivity index (χ3n) is 5.84. The summed E-state index contributed by atoms with van der Waals surface area (Å²) in [6.45, 7) is 4.91. The third-order valence-corrected chi connectivity index (χ3v) is 5.84. The summed E-state index contributed by atoms with van der Waals surface area (Å²) >= 11 is 0. The maximum atomic E-state index is 13.1. The zero-order valence-electron chi connectivity index (χ0n) is 13.4. The molecule has 0 bridgehead atoms. The molecule has 3 fully saturated rings. The first-order valence-electron chi connectivity index (χ1n) is 8.69. The summed E-state index contributed by atoms with van der Waals surface area (Å²) in [6.07, 6.45) is 9.17. The molecule has 118 valence electrons. The van der Waals surface area contributed by atoms with Crippen molar-refractivity contribution < 1.29 is 9.59 Å². The topological polar surface area (TPSA) is 49.4 Å². The first-order valence-corrected chi connectivity index (χ1v) is 8.69. The van der Waals surface area contributed by atoms with E-state index in [2.05, 4.69) is 12.2 Å². The Balaban J connectivity index is 1.87. The molecular weight excluding hydrogens is 264 g/mol. The van der Waals surface area contributed by atoms with Crippen LogP contribution in [0.2, 0.25) is 0 Å². The lowest BCUT2D eigenvalue weighted by molar-refractivity contribution is -0.163. The van der Waals surface area contributed by atoms with Gasteiger partial charge < -0.3 is 10.2 Å². The molecule has 1 aliphatic heterocycles. The Bertz CT molecular complexity index is 438. The van der Waals surface area contributed by atoms with Gasteiger partial charge in [-0.05, 0) is 44.9 Å². The minimum absolute atomic E-state index is 0.1000. The van der Waals surface area contributed by atoms with E-state index in [9.17, 15) is 9.59 Å². The zero-order valence-corrected chi connectivity index (χ0v) is 13.4. The highest BCUT2D eigenvalue weighted by atomic mass is 16.2. The van der Waals surface area contributed by atoms with Crippen molar-refractivity contribution in [3.8, 4) is 0 Å². The van der Waals surface area contributed by atoms with E-state index in [1.54, 1.807) is 0 Å². The lowest BCUT2D eigenvalue weighted by Crippen LogP contribution is -2.75. The quantitative estimate of drug-likeness (QED) is 0.792. The number of hydrogen-bond donors (Lipinski definition) is 1. The van der Waals surface area contributed by atoms with Crippen LogP contribution >= 0.6 is 0 Å². The van der Waals surface area contributed by atoms with Crippen LogP contribution in [0.25, 0.3) is 0 Å². The normalized spacial score (nSPS) is 31.8. The van der Waals surface area contributed by atoms with E-state index >= 15 is 0 Å². The molecule has 2 amide bonds. The molecule has 0 aromatic heterocycles. The van der Waals surface area contributed by atoms with E-state index in [1.165, 1.54) is 0 Å². The second kappa shape index (κ2) is 5.29. The summed E-state index contributed by atoms with van der Waals surface area (Å²) in [4.78, 5) is 28.0. The molecule has 2 aliphatic carbocycles. The molecule has 2 saturated carbocycles. The van der Waals surface area contributed by atoms with E-state index in [0.717, 1.165) is 64.3 Å². The molecule has 4 nitrogen and oxygen atoms in total. The van der Waals surface area contributed by atoms with E-state index in [4.69, 9.17) is 0 Å². The van der Waals surface area contributed by atoms with Gasteiger partial charge in [0.2, 0.25) is 11.8 Å². The molecule has 0 radical (unpaired) electrons. The highest BCUT2D eigenvalue weighted by Crippen LogP contribution is 2.48. The average Bonchev–Trinajstić information content (AvgIpc) is 3.22. The average molecular weight is 292 g/mol. The Labute approximate surface area is 127 Å². The lowest BCUT2D eigenvalue weighted by atomic mass is 9.82. The minimum atomic E-state index is -0.599. The van der Waals surface area contributed by atoms with E-state index in [1.807, 2.05) is 11.8 Å². The molecular formula is C17H28N2O2. The van der Waals surface area contributed by atoms with E-state index in [0.29, 0.717) is 5.92 Å². The van der Waals surface area contributed by atoms with Crippen molar-refractivity contribution in [3.05, 3.63) is 0 Å². The molecule has 1 unspecified atom stereocenters. The van der Waals surface area contributed by atoms with Crippen LogP contribution < -0.4 is 5.32 Å². The third kappa shape index (κ3) is 2.27. The summed E-state index contributed by atoms with van der Waals surface area (Å²) in [5.41, 5.74) is -1.17. The van der Waals surface area contributed by atoms with Crippen molar-refractivity contribution in [1.82, 2.24) is 10.2 Å². The molecule has 1 heterocycles. The van der Waals surface area contributed by atoms with Crippen molar-refractivity contribution in [3.63, 3.8) is 0 Å². The molecule has 1 saturated heterocycles. The van der Waals surface area contributed by atoms with Crippen molar-refractivity contribution in [1.29, 1.82) is 0 Å². The van der Waals surface area contributed by atoms with E-state index in [-0.39, 0.29) is 11.8 Å². The van der Waals surface area contributed by atoms with Crippen molar-refractivity contribution in [2.24, 2.45) is 5.92 Å². The first-order chi connectivity index (χ1) is 10.0. The number of nitrogens with zero attached hydrogens (tertiary/aromatic N) is 1. The van der Waals surface area contributed by atoms with Crippen molar-refractivity contribution in [2.45, 2.75) is 82.7 Å². The molecule has 21 heavy (non-hydrogen) atoms. The van der Waals surface area contributed by atoms with Gasteiger partial charge in [-0.3, -0.25) is 9.59 Å². The van der Waals surface area contributed by atoms with Gasteiger partial charge in [-0.15, -0.1) is 0 Å². The van der Waals surface area contributed by atoms with Gasteiger partial charge in [0.25, 0.3) is 0 Å².